The first kappa shape index (κ1) is 30.1. The Morgan fingerprint density at radius 2 is 0.947 bits per heavy atom. The minimum Gasteiger partial charge on any atom is -0.493 e. The van der Waals surface area contributed by atoms with Crippen molar-refractivity contribution in [2.75, 3.05) is 0 Å². The van der Waals surface area contributed by atoms with Crippen molar-refractivity contribution in [3.63, 3.8) is 0 Å². The van der Waals surface area contributed by atoms with Crippen molar-refractivity contribution in [2.45, 2.75) is 131 Å². The highest BCUT2D eigenvalue weighted by atomic mass is 15.2. The van der Waals surface area contributed by atoms with Crippen LogP contribution in [0.1, 0.15) is 139 Å². The summed E-state index contributed by atoms with van der Waals surface area (Å²) >= 11 is 0. The van der Waals surface area contributed by atoms with Gasteiger partial charge in [-0.1, -0.05) is 85.3 Å². The predicted octanol–water partition coefficient (Wildman–Crippen LogP) is 11.0. The molecule has 1 aliphatic heterocycles. The van der Waals surface area contributed by atoms with E-state index >= 15 is 0 Å². The molecule has 2 heteroatoms. The van der Waals surface area contributed by atoms with E-state index in [1.54, 1.807) is 0 Å². The Bertz CT molecular complexity index is 1120. The maximum Gasteiger partial charge on any atom is 0.210 e. The van der Waals surface area contributed by atoms with E-state index in [9.17, 15) is 5.53 Å². The van der Waals surface area contributed by atoms with E-state index in [1.165, 1.54) is 102 Å². The number of aryl methyl sites for hydroxylation is 4. The topological polar surface area (TPSA) is 25.3 Å². The van der Waals surface area contributed by atoms with Gasteiger partial charge in [-0.25, -0.2) is 4.70 Å². The Morgan fingerprint density at radius 3 is 1.37 bits per heavy atom. The van der Waals surface area contributed by atoms with Gasteiger partial charge in [0.15, 0.2) is 0 Å². The van der Waals surface area contributed by atoms with Gasteiger partial charge < -0.3 is 5.53 Å². The average molecular weight is 513 g/mol. The van der Waals surface area contributed by atoms with Gasteiger partial charge in [-0.2, -0.15) is 0 Å². The first-order valence-electron chi connectivity index (χ1n) is 15.7. The summed E-state index contributed by atoms with van der Waals surface area (Å²) in [5, 5.41) is 0. The molecule has 2 aromatic carbocycles. The zero-order valence-corrected chi connectivity index (χ0v) is 25.0. The molecule has 0 N–H and O–H groups in total. The van der Waals surface area contributed by atoms with Crippen molar-refractivity contribution < 1.29 is 4.70 Å². The SMILES string of the molecule is CCCCCc1cc(CCCC)cc(C2=CC(CC)=C(c3cc(CCCC)cc(CCCCC)c3)[N+]2=[N-])c1. The molecule has 0 radical (unpaired) electrons. The first-order chi connectivity index (χ1) is 18.5. The van der Waals surface area contributed by atoms with Gasteiger partial charge in [0.25, 0.3) is 0 Å². The normalized spacial score (nSPS) is 13.5. The van der Waals surface area contributed by atoms with E-state index in [-0.39, 0.29) is 0 Å². The number of allylic oxidation sites excluding steroid dienone is 2. The van der Waals surface area contributed by atoms with Crippen LogP contribution in [0.4, 0.5) is 0 Å². The number of hydrogen-bond acceptors (Lipinski definition) is 0. The minimum atomic E-state index is 0.902. The molecule has 0 atom stereocenters. The molecule has 0 saturated carbocycles. The molecular formula is C36H52N2. The highest BCUT2D eigenvalue weighted by Crippen LogP contribution is 2.38. The van der Waals surface area contributed by atoms with Crippen LogP contribution in [0.15, 0.2) is 48.0 Å². The van der Waals surface area contributed by atoms with Crippen LogP contribution in [0.2, 0.25) is 0 Å². The van der Waals surface area contributed by atoms with E-state index in [1.807, 2.05) is 0 Å². The molecule has 0 aromatic heterocycles. The van der Waals surface area contributed by atoms with E-state index in [0.29, 0.717) is 0 Å². The fourth-order valence-electron chi connectivity index (χ4n) is 5.64. The van der Waals surface area contributed by atoms with Crippen molar-refractivity contribution >= 4 is 11.4 Å². The molecule has 1 aliphatic rings. The fraction of sp³-hybridized carbons (Fsp3) is 0.556. The van der Waals surface area contributed by atoms with Crippen LogP contribution in [0.25, 0.3) is 16.9 Å². The van der Waals surface area contributed by atoms with Crippen LogP contribution in [0, 0.1) is 0 Å². The molecular weight excluding hydrogens is 460 g/mol. The second-order valence-electron chi connectivity index (χ2n) is 11.3. The van der Waals surface area contributed by atoms with Crippen molar-refractivity contribution in [2.24, 2.45) is 0 Å². The monoisotopic (exact) mass is 512 g/mol. The summed E-state index contributed by atoms with van der Waals surface area (Å²) in [6, 6.07) is 14.1. The van der Waals surface area contributed by atoms with Crippen LogP contribution in [0.3, 0.4) is 0 Å². The third-order valence-electron chi connectivity index (χ3n) is 7.89. The molecule has 0 spiro atoms. The third kappa shape index (κ3) is 8.26. The highest BCUT2D eigenvalue weighted by molar-refractivity contribution is 5.79. The molecule has 0 fully saturated rings. The molecule has 1 heterocycles. The Hall–Kier alpha value is -2.48. The number of nitrogens with zero attached hydrogens (tertiary/aromatic N) is 2. The van der Waals surface area contributed by atoms with E-state index in [0.717, 1.165) is 49.1 Å². The molecule has 0 saturated heterocycles. The molecule has 206 valence electrons. The van der Waals surface area contributed by atoms with Gasteiger partial charge in [0.05, 0.1) is 0 Å². The van der Waals surface area contributed by atoms with Gasteiger partial charge in [0.2, 0.25) is 11.4 Å². The number of benzene rings is 2. The average Bonchev–Trinajstić information content (AvgIpc) is 3.27. The molecule has 0 amide bonds. The molecule has 2 aromatic rings. The zero-order valence-electron chi connectivity index (χ0n) is 25.0. The highest BCUT2D eigenvalue weighted by Gasteiger charge is 2.29. The molecule has 2 nitrogen and oxygen atoms in total. The Balaban J connectivity index is 1.97. The van der Waals surface area contributed by atoms with Crippen molar-refractivity contribution in [3.8, 4) is 0 Å². The van der Waals surface area contributed by atoms with Gasteiger partial charge in [-0.15, -0.1) is 0 Å². The summed E-state index contributed by atoms with van der Waals surface area (Å²) in [6.07, 6.45) is 19.8. The van der Waals surface area contributed by atoms with Crippen molar-refractivity contribution in [1.82, 2.24) is 0 Å². The summed E-state index contributed by atoms with van der Waals surface area (Å²) < 4.78 is 1.50. The zero-order chi connectivity index (χ0) is 27.3. The molecule has 0 aliphatic carbocycles. The van der Waals surface area contributed by atoms with Crippen LogP contribution < -0.4 is 0 Å². The van der Waals surface area contributed by atoms with Crippen LogP contribution in [0.5, 0.6) is 0 Å². The predicted molar refractivity (Wildman–Crippen MR) is 165 cm³/mol. The summed E-state index contributed by atoms with van der Waals surface area (Å²) in [5.41, 5.74) is 22.8. The first-order valence-corrected chi connectivity index (χ1v) is 15.7. The van der Waals surface area contributed by atoms with Crippen molar-refractivity contribution in [1.29, 1.82) is 0 Å². The molecule has 0 bridgehead atoms. The van der Waals surface area contributed by atoms with Crippen LogP contribution in [-0.2, 0) is 25.7 Å². The second kappa shape index (κ2) is 15.8. The summed E-state index contributed by atoms with van der Waals surface area (Å²) in [5.74, 6) is 0. The Labute approximate surface area is 233 Å². The largest absolute Gasteiger partial charge is 0.493 e. The van der Waals surface area contributed by atoms with Gasteiger partial charge in [-0.05, 0) is 104 Å². The minimum absolute atomic E-state index is 0.902. The lowest BCUT2D eigenvalue weighted by Gasteiger charge is -2.14. The van der Waals surface area contributed by atoms with Gasteiger partial charge in [0.1, 0.15) is 0 Å². The van der Waals surface area contributed by atoms with Gasteiger partial charge in [0, 0.05) is 22.8 Å². The van der Waals surface area contributed by atoms with Crippen LogP contribution >= 0.6 is 0 Å². The standard InChI is InChI=1S/C36H52N2/c1-6-11-15-19-30-21-28(17-13-8-3)23-33(24-30)35-27-32(10-5)36(38(35)37)34-25-29(18-14-9-4)22-31(26-34)20-16-12-7-2/h21-27H,6-20H2,1-5H3. The smallest absolute Gasteiger partial charge is 0.210 e. The van der Waals surface area contributed by atoms with Gasteiger partial charge >= 0.3 is 0 Å². The third-order valence-corrected chi connectivity index (χ3v) is 7.89. The molecule has 0 unspecified atom stereocenters. The molecule has 3 rings (SSSR count). The lowest BCUT2D eigenvalue weighted by Crippen LogP contribution is -2.05. The lowest BCUT2D eigenvalue weighted by atomic mass is 9.95. The Kier molecular flexibility index (Phi) is 12.5. The summed E-state index contributed by atoms with van der Waals surface area (Å²) in [4.78, 5) is 0. The second-order valence-corrected chi connectivity index (χ2v) is 11.3. The fourth-order valence-corrected chi connectivity index (χ4v) is 5.64. The van der Waals surface area contributed by atoms with Gasteiger partial charge in [-0.3, -0.25) is 0 Å². The van der Waals surface area contributed by atoms with E-state index < -0.39 is 0 Å². The number of rotatable bonds is 17. The Morgan fingerprint density at radius 1 is 0.526 bits per heavy atom. The van der Waals surface area contributed by atoms with E-state index in [4.69, 9.17) is 0 Å². The number of unbranched alkanes of at least 4 members (excludes halogenated alkanes) is 6. The molecule has 38 heavy (non-hydrogen) atoms. The maximum absolute atomic E-state index is 11.7. The lowest BCUT2D eigenvalue weighted by molar-refractivity contribution is -0.344. The quantitative estimate of drug-likeness (QED) is 0.149. The van der Waals surface area contributed by atoms with Crippen LogP contribution in [-0.4, -0.2) is 4.70 Å². The van der Waals surface area contributed by atoms with E-state index in [2.05, 4.69) is 77.1 Å². The maximum atomic E-state index is 11.7. The number of hydrogen-bond donors (Lipinski definition) is 0. The van der Waals surface area contributed by atoms with Crippen molar-refractivity contribution in [3.05, 3.63) is 87.0 Å². The summed E-state index contributed by atoms with van der Waals surface area (Å²) in [6.45, 7) is 11.3. The summed E-state index contributed by atoms with van der Waals surface area (Å²) in [7, 11) is 0.